The lowest BCUT2D eigenvalue weighted by Gasteiger charge is -2.13. The smallest absolute Gasteiger partial charge is 0.257 e. The van der Waals surface area contributed by atoms with Gasteiger partial charge < -0.3 is 5.32 Å². The van der Waals surface area contributed by atoms with Crippen LogP contribution in [0.15, 0.2) is 47.4 Å². The van der Waals surface area contributed by atoms with Crippen molar-refractivity contribution in [2.75, 3.05) is 11.9 Å². The largest absolute Gasteiger partial charge is 0.322 e. The van der Waals surface area contributed by atoms with Crippen molar-refractivity contribution >= 4 is 44.8 Å². The average molecular weight is 401 g/mol. The van der Waals surface area contributed by atoms with E-state index in [1.807, 2.05) is 19.9 Å². The maximum atomic E-state index is 12.4. The monoisotopic (exact) mass is 400 g/mol. The number of hydrogen-bond acceptors (Lipinski definition) is 3. The van der Waals surface area contributed by atoms with E-state index >= 15 is 0 Å². The van der Waals surface area contributed by atoms with Crippen molar-refractivity contribution in [2.45, 2.75) is 18.7 Å². The quantitative estimate of drug-likeness (QED) is 0.763. The summed E-state index contributed by atoms with van der Waals surface area (Å²) in [6.07, 6.45) is 0. The zero-order valence-corrected chi connectivity index (χ0v) is 16.0. The molecule has 8 heteroatoms. The van der Waals surface area contributed by atoms with E-state index in [0.717, 1.165) is 0 Å². The maximum Gasteiger partial charge on any atom is 0.257 e. The molecule has 0 aliphatic rings. The lowest BCUT2D eigenvalue weighted by atomic mass is 10.2. The third-order valence-corrected chi connectivity index (χ3v) is 5.47. The van der Waals surface area contributed by atoms with Gasteiger partial charge >= 0.3 is 0 Å². The van der Waals surface area contributed by atoms with Crippen molar-refractivity contribution in [2.24, 2.45) is 5.92 Å². The van der Waals surface area contributed by atoms with Gasteiger partial charge in [-0.3, -0.25) is 4.79 Å². The van der Waals surface area contributed by atoms with Crippen LogP contribution in [0, 0.1) is 5.92 Å². The summed E-state index contributed by atoms with van der Waals surface area (Å²) in [6.45, 7) is 4.02. The number of carbonyl (C=O) groups is 1. The first-order valence-corrected chi connectivity index (χ1v) is 9.79. The first kappa shape index (κ1) is 19.7. The zero-order chi connectivity index (χ0) is 18.6. The van der Waals surface area contributed by atoms with Gasteiger partial charge in [-0.15, -0.1) is 0 Å². The summed E-state index contributed by atoms with van der Waals surface area (Å²) < 4.78 is 27.3. The summed E-state index contributed by atoms with van der Waals surface area (Å²) in [5.41, 5.74) is 0.598. The minimum atomic E-state index is -3.85. The van der Waals surface area contributed by atoms with Crippen LogP contribution in [0.1, 0.15) is 24.2 Å². The van der Waals surface area contributed by atoms with Crippen LogP contribution in [-0.2, 0) is 10.0 Å². The van der Waals surface area contributed by atoms with Gasteiger partial charge in [-0.2, -0.15) is 0 Å². The maximum absolute atomic E-state index is 12.4. The van der Waals surface area contributed by atoms with E-state index in [2.05, 4.69) is 10.0 Å². The molecule has 0 aliphatic heterocycles. The van der Waals surface area contributed by atoms with Crippen molar-refractivity contribution in [1.29, 1.82) is 0 Å². The standard InChI is InChI=1S/C17H18Cl2N2O3S/c1-11(2)10-20-25(23,24)16-8-13(14(18)9-15(16)19)17(22)21-12-6-4-3-5-7-12/h3-9,11,20H,10H2,1-2H3,(H,21,22). The van der Waals surface area contributed by atoms with Gasteiger partial charge in [0.1, 0.15) is 4.90 Å². The number of rotatable bonds is 6. The van der Waals surface area contributed by atoms with Crippen LogP contribution >= 0.6 is 23.2 Å². The van der Waals surface area contributed by atoms with Crippen molar-refractivity contribution in [3.63, 3.8) is 0 Å². The molecular formula is C17H18Cl2N2O3S. The minimum Gasteiger partial charge on any atom is -0.322 e. The zero-order valence-electron chi connectivity index (χ0n) is 13.7. The Morgan fingerprint density at radius 2 is 1.72 bits per heavy atom. The molecule has 134 valence electrons. The molecule has 25 heavy (non-hydrogen) atoms. The van der Waals surface area contributed by atoms with Gasteiger partial charge in [-0.1, -0.05) is 55.2 Å². The number of benzene rings is 2. The van der Waals surface area contributed by atoms with Crippen LogP contribution in [-0.4, -0.2) is 20.9 Å². The Morgan fingerprint density at radius 3 is 2.32 bits per heavy atom. The van der Waals surface area contributed by atoms with E-state index in [1.54, 1.807) is 24.3 Å². The molecule has 5 nitrogen and oxygen atoms in total. The summed E-state index contributed by atoms with van der Waals surface area (Å²) >= 11 is 12.1. The van der Waals surface area contributed by atoms with Gasteiger partial charge in [0.15, 0.2) is 0 Å². The Bertz CT molecular complexity index is 869. The van der Waals surface area contributed by atoms with E-state index in [-0.39, 0.29) is 33.0 Å². The number of nitrogens with one attached hydrogen (secondary N) is 2. The Kier molecular flexibility index (Phi) is 6.46. The van der Waals surface area contributed by atoms with Crippen molar-refractivity contribution in [3.05, 3.63) is 58.1 Å². The molecule has 0 saturated carbocycles. The Hall–Kier alpha value is -1.60. The van der Waals surface area contributed by atoms with Crippen LogP contribution in [0.4, 0.5) is 5.69 Å². The van der Waals surface area contributed by atoms with E-state index in [0.29, 0.717) is 5.69 Å². The summed E-state index contributed by atoms with van der Waals surface area (Å²) in [6, 6.07) is 11.2. The van der Waals surface area contributed by atoms with Gasteiger partial charge in [0.2, 0.25) is 10.0 Å². The lowest BCUT2D eigenvalue weighted by Crippen LogP contribution is -2.28. The molecule has 0 bridgehead atoms. The lowest BCUT2D eigenvalue weighted by molar-refractivity contribution is 0.102. The van der Waals surface area contributed by atoms with Crippen molar-refractivity contribution < 1.29 is 13.2 Å². The first-order valence-electron chi connectivity index (χ1n) is 7.56. The normalized spacial score (nSPS) is 11.6. The Labute approximate surface area is 157 Å². The molecule has 0 spiro atoms. The van der Waals surface area contributed by atoms with Crippen LogP contribution in [0.5, 0.6) is 0 Å². The number of para-hydroxylation sites is 1. The minimum absolute atomic E-state index is 0.0276. The van der Waals surface area contributed by atoms with E-state index in [1.165, 1.54) is 12.1 Å². The number of halogens is 2. The fourth-order valence-electron chi connectivity index (χ4n) is 1.98. The third kappa shape index (κ3) is 5.19. The molecule has 2 aromatic carbocycles. The van der Waals surface area contributed by atoms with Crippen LogP contribution in [0.2, 0.25) is 10.0 Å². The summed E-state index contributed by atoms with van der Waals surface area (Å²) in [5.74, 6) is -0.394. The highest BCUT2D eigenvalue weighted by molar-refractivity contribution is 7.89. The molecule has 0 atom stereocenters. The number of anilines is 1. The van der Waals surface area contributed by atoms with Gasteiger partial charge in [-0.05, 0) is 30.2 Å². The molecule has 1 amide bonds. The van der Waals surface area contributed by atoms with Crippen LogP contribution < -0.4 is 10.0 Å². The molecule has 0 fully saturated rings. The van der Waals surface area contributed by atoms with Crippen LogP contribution in [0.3, 0.4) is 0 Å². The number of carbonyl (C=O) groups excluding carboxylic acids is 1. The molecular weight excluding hydrogens is 383 g/mol. The molecule has 2 rings (SSSR count). The second-order valence-corrected chi connectivity index (χ2v) is 8.38. The molecule has 0 unspecified atom stereocenters. The predicted molar refractivity (Wildman–Crippen MR) is 101 cm³/mol. The molecule has 0 aliphatic carbocycles. The molecule has 0 saturated heterocycles. The van der Waals surface area contributed by atoms with E-state index in [9.17, 15) is 13.2 Å². The molecule has 2 N–H and O–H groups in total. The highest BCUT2D eigenvalue weighted by Crippen LogP contribution is 2.29. The predicted octanol–water partition coefficient (Wildman–Crippen LogP) is 4.18. The second-order valence-electron chi connectivity index (χ2n) is 5.83. The summed E-state index contributed by atoms with van der Waals surface area (Å²) in [7, 11) is -3.85. The summed E-state index contributed by atoms with van der Waals surface area (Å²) in [5, 5.41) is 2.69. The van der Waals surface area contributed by atoms with Gasteiger partial charge in [0.05, 0.1) is 15.6 Å². The fraction of sp³-hybridized carbons (Fsp3) is 0.235. The molecule has 0 radical (unpaired) electrons. The topological polar surface area (TPSA) is 75.3 Å². The second kappa shape index (κ2) is 8.19. The number of hydrogen-bond donors (Lipinski definition) is 2. The van der Waals surface area contributed by atoms with Gasteiger partial charge in [0.25, 0.3) is 5.91 Å². The first-order chi connectivity index (χ1) is 11.7. The van der Waals surface area contributed by atoms with E-state index in [4.69, 9.17) is 23.2 Å². The number of sulfonamides is 1. The van der Waals surface area contributed by atoms with Crippen molar-refractivity contribution in [3.8, 4) is 0 Å². The van der Waals surface area contributed by atoms with Gasteiger partial charge in [-0.25, -0.2) is 13.1 Å². The molecule has 2 aromatic rings. The Morgan fingerprint density at radius 1 is 1.08 bits per heavy atom. The van der Waals surface area contributed by atoms with E-state index < -0.39 is 15.9 Å². The number of amides is 1. The highest BCUT2D eigenvalue weighted by Gasteiger charge is 2.22. The van der Waals surface area contributed by atoms with Crippen molar-refractivity contribution in [1.82, 2.24) is 4.72 Å². The highest BCUT2D eigenvalue weighted by atomic mass is 35.5. The third-order valence-electron chi connectivity index (χ3n) is 3.27. The molecule has 0 aromatic heterocycles. The average Bonchev–Trinajstić information content (AvgIpc) is 2.53. The fourth-order valence-corrected chi connectivity index (χ4v) is 4.05. The van der Waals surface area contributed by atoms with Gasteiger partial charge in [0, 0.05) is 12.2 Å². The molecule has 0 heterocycles. The summed E-state index contributed by atoms with van der Waals surface area (Å²) in [4.78, 5) is 12.3. The Balaban J connectivity index is 2.35. The van der Waals surface area contributed by atoms with Crippen LogP contribution in [0.25, 0.3) is 0 Å². The SMILES string of the molecule is CC(C)CNS(=O)(=O)c1cc(C(=O)Nc2ccccc2)c(Cl)cc1Cl.